The minimum absolute atomic E-state index is 0.0713. The number of carbonyl (C=O) groups is 1. The first-order valence-corrected chi connectivity index (χ1v) is 5.47. The second-order valence-corrected chi connectivity index (χ2v) is 3.63. The first-order valence-electron chi connectivity index (χ1n) is 5.47. The van der Waals surface area contributed by atoms with Crippen molar-refractivity contribution < 1.29 is 9.53 Å². The van der Waals surface area contributed by atoms with Gasteiger partial charge >= 0.3 is 0 Å². The first-order chi connectivity index (χ1) is 8.12. The Bertz CT molecular complexity index is 416. The predicted molar refractivity (Wildman–Crippen MR) is 69.2 cm³/mol. The van der Waals surface area contributed by atoms with Gasteiger partial charge in [0.25, 0.3) is 5.91 Å². The van der Waals surface area contributed by atoms with E-state index < -0.39 is 0 Å². The molecule has 0 aliphatic rings. The molecule has 17 heavy (non-hydrogen) atoms. The Labute approximate surface area is 102 Å². The number of amides is 1. The van der Waals surface area contributed by atoms with Crippen LogP contribution in [0.3, 0.4) is 0 Å². The number of likely N-dealkylation sites (N-methyl/N-ethyl adjacent to an activating group) is 1. The summed E-state index contributed by atoms with van der Waals surface area (Å²) in [5, 5.41) is 0. The molecule has 0 saturated heterocycles. The maximum absolute atomic E-state index is 12.2. The fraction of sp³-hybridized carbons (Fsp3) is 0.308. The number of ether oxygens (including phenoxy) is 1. The van der Waals surface area contributed by atoms with Crippen molar-refractivity contribution in [1.82, 2.24) is 4.90 Å². The summed E-state index contributed by atoms with van der Waals surface area (Å²) >= 11 is 0. The molecule has 1 aromatic carbocycles. The lowest BCUT2D eigenvalue weighted by Crippen LogP contribution is -2.30. The van der Waals surface area contributed by atoms with Gasteiger partial charge < -0.3 is 15.4 Å². The fourth-order valence-electron chi connectivity index (χ4n) is 1.56. The summed E-state index contributed by atoms with van der Waals surface area (Å²) in [5.74, 6) is 0.515. The molecule has 92 valence electrons. The standard InChI is InChI=1S/C13H18N2O2/c1-4-6-15(5-2)13(16)10-7-11(14)9-12(8-10)17-3/h4,7-9H,1,5-6,14H2,2-3H3. The van der Waals surface area contributed by atoms with E-state index in [1.807, 2.05) is 6.92 Å². The molecule has 0 saturated carbocycles. The summed E-state index contributed by atoms with van der Waals surface area (Å²) in [6.45, 7) is 6.70. The Hall–Kier alpha value is -1.97. The summed E-state index contributed by atoms with van der Waals surface area (Å²) in [6.07, 6.45) is 1.70. The fourth-order valence-corrected chi connectivity index (χ4v) is 1.56. The number of hydrogen-bond donors (Lipinski definition) is 1. The largest absolute Gasteiger partial charge is 0.497 e. The van der Waals surface area contributed by atoms with Gasteiger partial charge in [-0.1, -0.05) is 6.08 Å². The van der Waals surface area contributed by atoms with Crippen LogP contribution >= 0.6 is 0 Å². The van der Waals surface area contributed by atoms with Gasteiger partial charge in [0.15, 0.2) is 0 Å². The van der Waals surface area contributed by atoms with Crippen molar-refractivity contribution in [2.24, 2.45) is 0 Å². The first kappa shape index (κ1) is 13.1. The predicted octanol–water partition coefficient (Wildman–Crippen LogP) is 1.93. The van der Waals surface area contributed by atoms with E-state index in [1.165, 1.54) is 0 Å². The number of benzene rings is 1. The van der Waals surface area contributed by atoms with Gasteiger partial charge in [-0.2, -0.15) is 0 Å². The number of anilines is 1. The van der Waals surface area contributed by atoms with E-state index in [4.69, 9.17) is 10.5 Å². The topological polar surface area (TPSA) is 55.6 Å². The molecule has 0 aromatic heterocycles. The normalized spacial score (nSPS) is 9.76. The van der Waals surface area contributed by atoms with Crippen LogP contribution in [0.25, 0.3) is 0 Å². The number of methoxy groups -OCH3 is 1. The summed E-state index contributed by atoms with van der Waals surface area (Å²) in [7, 11) is 1.55. The van der Waals surface area contributed by atoms with E-state index >= 15 is 0 Å². The number of rotatable bonds is 5. The highest BCUT2D eigenvalue weighted by Crippen LogP contribution is 2.19. The van der Waals surface area contributed by atoms with Gasteiger partial charge in [-0.3, -0.25) is 4.79 Å². The van der Waals surface area contributed by atoms with Gasteiger partial charge in [-0.25, -0.2) is 0 Å². The highest BCUT2D eigenvalue weighted by molar-refractivity contribution is 5.95. The molecule has 1 amide bonds. The smallest absolute Gasteiger partial charge is 0.254 e. The molecule has 0 bridgehead atoms. The van der Waals surface area contributed by atoms with E-state index in [0.717, 1.165) is 0 Å². The van der Waals surface area contributed by atoms with E-state index in [2.05, 4.69) is 6.58 Å². The average Bonchev–Trinajstić information content (AvgIpc) is 2.34. The van der Waals surface area contributed by atoms with Crippen LogP contribution in [0.2, 0.25) is 0 Å². The number of nitrogens with zero attached hydrogens (tertiary/aromatic N) is 1. The Morgan fingerprint density at radius 3 is 2.76 bits per heavy atom. The molecule has 0 fully saturated rings. The molecule has 0 unspecified atom stereocenters. The summed E-state index contributed by atoms with van der Waals surface area (Å²) in [4.78, 5) is 13.8. The molecule has 0 radical (unpaired) electrons. The Morgan fingerprint density at radius 2 is 2.24 bits per heavy atom. The maximum atomic E-state index is 12.2. The summed E-state index contributed by atoms with van der Waals surface area (Å²) in [5.41, 5.74) is 6.77. The molecule has 0 atom stereocenters. The molecular formula is C13H18N2O2. The van der Waals surface area contributed by atoms with Crippen molar-refractivity contribution in [3.63, 3.8) is 0 Å². The van der Waals surface area contributed by atoms with Gasteiger partial charge in [0, 0.05) is 30.4 Å². The SMILES string of the molecule is C=CCN(CC)C(=O)c1cc(N)cc(OC)c1. The van der Waals surface area contributed by atoms with Gasteiger partial charge in [0.2, 0.25) is 0 Å². The van der Waals surface area contributed by atoms with Crippen LogP contribution in [0.4, 0.5) is 5.69 Å². The monoisotopic (exact) mass is 234 g/mol. The van der Waals surface area contributed by atoms with Crippen molar-refractivity contribution in [3.8, 4) is 5.75 Å². The molecule has 0 aliphatic carbocycles. The lowest BCUT2D eigenvalue weighted by atomic mass is 10.1. The van der Waals surface area contributed by atoms with Gasteiger partial charge in [0.05, 0.1) is 7.11 Å². The van der Waals surface area contributed by atoms with Gasteiger partial charge in [0.1, 0.15) is 5.75 Å². The van der Waals surface area contributed by atoms with E-state index in [0.29, 0.717) is 30.1 Å². The van der Waals surface area contributed by atoms with Crippen LogP contribution in [-0.2, 0) is 0 Å². The zero-order chi connectivity index (χ0) is 12.8. The van der Waals surface area contributed by atoms with Crippen molar-refractivity contribution in [2.45, 2.75) is 6.92 Å². The van der Waals surface area contributed by atoms with Crippen LogP contribution in [0.5, 0.6) is 5.75 Å². The average molecular weight is 234 g/mol. The number of nitrogen functional groups attached to an aromatic ring is 1. The molecule has 1 aromatic rings. The number of nitrogens with two attached hydrogens (primary N) is 1. The molecule has 0 aliphatic heterocycles. The van der Waals surface area contributed by atoms with Crippen molar-refractivity contribution in [1.29, 1.82) is 0 Å². The molecule has 2 N–H and O–H groups in total. The molecule has 4 nitrogen and oxygen atoms in total. The van der Waals surface area contributed by atoms with Crippen molar-refractivity contribution >= 4 is 11.6 Å². The number of carbonyl (C=O) groups excluding carboxylic acids is 1. The van der Waals surface area contributed by atoms with E-state index in [9.17, 15) is 4.79 Å². The molecule has 1 rings (SSSR count). The second kappa shape index (κ2) is 5.94. The van der Waals surface area contributed by atoms with Crippen LogP contribution in [0, 0.1) is 0 Å². The third kappa shape index (κ3) is 3.24. The lowest BCUT2D eigenvalue weighted by Gasteiger charge is -2.19. The molecular weight excluding hydrogens is 216 g/mol. The maximum Gasteiger partial charge on any atom is 0.254 e. The van der Waals surface area contributed by atoms with Gasteiger partial charge in [-0.15, -0.1) is 6.58 Å². The Balaban J connectivity index is 3.01. The minimum Gasteiger partial charge on any atom is -0.497 e. The summed E-state index contributed by atoms with van der Waals surface area (Å²) in [6, 6.07) is 5.02. The zero-order valence-electron chi connectivity index (χ0n) is 10.3. The highest BCUT2D eigenvalue weighted by Gasteiger charge is 2.14. The van der Waals surface area contributed by atoms with Crippen molar-refractivity contribution in [2.75, 3.05) is 25.9 Å². The van der Waals surface area contributed by atoms with Crippen LogP contribution in [0.15, 0.2) is 30.9 Å². The third-order valence-electron chi connectivity index (χ3n) is 2.43. The van der Waals surface area contributed by atoms with Crippen LogP contribution in [0.1, 0.15) is 17.3 Å². The Morgan fingerprint density at radius 1 is 1.53 bits per heavy atom. The van der Waals surface area contributed by atoms with E-state index in [-0.39, 0.29) is 5.91 Å². The Kier molecular flexibility index (Phi) is 4.57. The summed E-state index contributed by atoms with van der Waals surface area (Å²) < 4.78 is 5.09. The highest BCUT2D eigenvalue weighted by atomic mass is 16.5. The second-order valence-electron chi connectivity index (χ2n) is 3.63. The quantitative estimate of drug-likeness (QED) is 0.625. The zero-order valence-corrected chi connectivity index (χ0v) is 10.3. The minimum atomic E-state index is -0.0713. The van der Waals surface area contributed by atoms with Crippen LogP contribution in [-0.4, -0.2) is 31.0 Å². The molecule has 4 heteroatoms. The lowest BCUT2D eigenvalue weighted by molar-refractivity contribution is 0.0782. The van der Waals surface area contributed by atoms with E-state index in [1.54, 1.807) is 36.3 Å². The van der Waals surface area contributed by atoms with Crippen LogP contribution < -0.4 is 10.5 Å². The third-order valence-corrected chi connectivity index (χ3v) is 2.43. The van der Waals surface area contributed by atoms with Gasteiger partial charge in [-0.05, 0) is 19.1 Å². The molecule has 0 spiro atoms. The molecule has 0 heterocycles. The van der Waals surface area contributed by atoms with Crippen molar-refractivity contribution in [3.05, 3.63) is 36.4 Å². The number of hydrogen-bond acceptors (Lipinski definition) is 3.